The second-order valence-electron chi connectivity index (χ2n) is 4.97. The van der Waals surface area contributed by atoms with Crippen LogP contribution in [0.5, 0.6) is 0 Å². The minimum Gasteiger partial charge on any atom is -0.314 e. The zero-order valence-corrected chi connectivity index (χ0v) is 11.4. The zero-order chi connectivity index (χ0) is 11.1. The summed E-state index contributed by atoms with van der Waals surface area (Å²) in [6, 6.07) is 0.808. The molecular weight excluding hydrogens is 202 g/mol. The summed E-state index contributed by atoms with van der Waals surface area (Å²) in [6.45, 7) is 8.27. The van der Waals surface area contributed by atoms with Gasteiger partial charge in [-0.1, -0.05) is 20.8 Å². The molecule has 1 nitrogen and oxygen atoms in total. The molecule has 0 aromatic rings. The van der Waals surface area contributed by atoms with Crippen molar-refractivity contribution in [2.75, 3.05) is 18.1 Å². The highest BCUT2D eigenvalue weighted by Crippen LogP contribution is 2.29. The quantitative estimate of drug-likeness (QED) is 0.699. The summed E-state index contributed by atoms with van der Waals surface area (Å²) in [6.07, 6.45) is 5.54. The molecule has 0 heterocycles. The van der Waals surface area contributed by atoms with Crippen molar-refractivity contribution in [2.24, 2.45) is 11.8 Å². The van der Waals surface area contributed by atoms with Gasteiger partial charge in [0.05, 0.1) is 0 Å². The Labute approximate surface area is 99.8 Å². The van der Waals surface area contributed by atoms with E-state index >= 15 is 0 Å². The van der Waals surface area contributed by atoms with Crippen molar-refractivity contribution >= 4 is 11.8 Å². The van der Waals surface area contributed by atoms with Crippen LogP contribution in [-0.2, 0) is 0 Å². The highest BCUT2D eigenvalue weighted by molar-refractivity contribution is 7.99. The van der Waals surface area contributed by atoms with Crippen LogP contribution in [0.25, 0.3) is 0 Å². The first-order valence-corrected chi connectivity index (χ1v) is 7.70. The molecule has 3 unspecified atom stereocenters. The van der Waals surface area contributed by atoms with Gasteiger partial charge in [-0.25, -0.2) is 0 Å². The Morgan fingerprint density at radius 1 is 1.20 bits per heavy atom. The lowest BCUT2D eigenvalue weighted by Gasteiger charge is -2.32. The van der Waals surface area contributed by atoms with Crippen LogP contribution in [0.1, 0.15) is 46.5 Å². The van der Waals surface area contributed by atoms with Crippen LogP contribution in [0.3, 0.4) is 0 Å². The summed E-state index contributed by atoms with van der Waals surface area (Å²) >= 11 is 2.06. The van der Waals surface area contributed by atoms with Crippen molar-refractivity contribution in [3.63, 3.8) is 0 Å². The summed E-state index contributed by atoms with van der Waals surface area (Å²) in [5.41, 5.74) is 0. The molecule has 0 aromatic carbocycles. The van der Waals surface area contributed by atoms with Gasteiger partial charge < -0.3 is 5.32 Å². The van der Waals surface area contributed by atoms with E-state index in [2.05, 4.69) is 37.8 Å². The Hall–Kier alpha value is 0.310. The summed E-state index contributed by atoms with van der Waals surface area (Å²) < 4.78 is 0. The fraction of sp³-hybridized carbons (Fsp3) is 1.00. The fourth-order valence-electron chi connectivity index (χ4n) is 2.36. The third kappa shape index (κ3) is 5.26. The number of hydrogen-bond acceptors (Lipinski definition) is 2. The minimum absolute atomic E-state index is 0.808. The second kappa shape index (κ2) is 7.56. The third-order valence-corrected chi connectivity index (χ3v) is 4.69. The van der Waals surface area contributed by atoms with E-state index < -0.39 is 0 Å². The van der Waals surface area contributed by atoms with Crippen molar-refractivity contribution in [3.8, 4) is 0 Å². The molecule has 1 rings (SSSR count). The number of nitrogens with one attached hydrogen (secondary N) is 1. The largest absolute Gasteiger partial charge is 0.314 e. The van der Waals surface area contributed by atoms with Crippen molar-refractivity contribution in [1.82, 2.24) is 5.32 Å². The molecular formula is C13H27NS. The van der Waals surface area contributed by atoms with E-state index in [1.54, 1.807) is 0 Å². The monoisotopic (exact) mass is 229 g/mol. The molecule has 1 N–H and O–H groups in total. The molecule has 0 bridgehead atoms. The third-order valence-electron chi connectivity index (χ3n) is 3.70. The zero-order valence-electron chi connectivity index (χ0n) is 10.6. The Balaban J connectivity index is 2.02. The molecule has 1 aliphatic carbocycles. The van der Waals surface area contributed by atoms with Gasteiger partial charge in [0.15, 0.2) is 0 Å². The maximum atomic E-state index is 3.72. The van der Waals surface area contributed by atoms with E-state index in [4.69, 9.17) is 0 Å². The molecule has 2 heteroatoms. The first kappa shape index (κ1) is 13.4. The van der Waals surface area contributed by atoms with Crippen LogP contribution in [0, 0.1) is 11.8 Å². The number of thioether (sulfide) groups is 1. The fourth-order valence-corrected chi connectivity index (χ4v) is 2.99. The summed E-state index contributed by atoms with van der Waals surface area (Å²) in [5.74, 6) is 4.44. The van der Waals surface area contributed by atoms with Gasteiger partial charge in [0.1, 0.15) is 0 Å². The maximum absolute atomic E-state index is 3.72. The Morgan fingerprint density at radius 2 is 2.00 bits per heavy atom. The average molecular weight is 229 g/mol. The standard InChI is InChI=1S/C13H27NS/c1-4-15-9-5-8-14-13-7-6-11(2)12(3)10-13/h11-14H,4-10H2,1-3H3. The first-order valence-electron chi connectivity index (χ1n) is 6.55. The maximum Gasteiger partial charge on any atom is 0.00698 e. The molecule has 0 spiro atoms. The van der Waals surface area contributed by atoms with Crippen LogP contribution in [-0.4, -0.2) is 24.1 Å². The molecule has 0 aromatic heterocycles. The predicted octanol–water partition coefficient (Wildman–Crippen LogP) is 3.54. The Morgan fingerprint density at radius 3 is 2.67 bits per heavy atom. The van der Waals surface area contributed by atoms with Gasteiger partial charge in [-0.2, -0.15) is 11.8 Å². The number of rotatable bonds is 6. The molecule has 0 aliphatic heterocycles. The molecule has 1 fully saturated rings. The minimum atomic E-state index is 0.808. The van der Waals surface area contributed by atoms with Gasteiger partial charge in [0.25, 0.3) is 0 Å². The lowest BCUT2D eigenvalue weighted by Crippen LogP contribution is -2.36. The average Bonchev–Trinajstić information content (AvgIpc) is 2.23. The Bertz CT molecular complexity index is 161. The molecule has 0 saturated heterocycles. The van der Waals surface area contributed by atoms with Crippen molar-refractivity contribution in [1.29, 1.82) is 0 Å². The van der Waals surface area contributed by atoms with Crippen LogP contribution in [0.2, 0.25) is 0 Å². The van der Waals surface area contributed by atoms with Crippen LogP contribution >= 0.6 is 11.8 Å². The molecule has 0 radical (unpaired) electrons. The Kier molecular flexibility index (Phi) is 6.74. The van der Waals surface area contributed by atoms with Gasteiger partial charge in [-0.05, 0) is 55.6 Å². The van der Waals surface area contributed by atoms with Gasteiger partial charge in [0.2, 0.25) is 0 Å². The van der Waals surface area contributed by atoms with Gasteiger partial charge >= 0.3 is 0 Å². The summed E-state index contributed by atoms with van der Waals surface area (Å²) in [7, 11) is 0. The molecule has 0 amide bonds. The van der Waals surface area contributed by atoms with Crippen LogP contribution in [0.15, 0.2) is 0 Å². The molecule has 1 saturated carbocycles. The van der Waals surface area contributed by atoms with E-state index in [9.17, 15) is 0 Å². The van der Waals surface area contributed by atoms with Crippen LogP contribution in [0.4, 0.5) is 0 Å². The molecule has 15 heavy (non-hydrogen) atoms. The SMILES string of the molecule is CCSCCCNC1CCC(C)C(C)C1. The predicted molar refractivity (Wildman–Crippen MR) is 71.6 cm³/mol. The van der Waals surface area contributed by atoms with E-state index in [-0.39, 0.29) is 0 Å². The van der Waals surface area contributed by atoms with Crippen molar-refractivity contribution in [3.05, 3.63) is 0 Å². The van der Waals surface area contributed by atoms with Gasteiger partial charge in [0, 0.05) is 6.04 Å². The van der Waals surface area contributed by atoms with Crippen molar-refractivity contribution < 1.29 is 0 Å². The first-order chi connectivity index (χ1) is 7.24. The van der Waals surface area contributed by atoms with E-state index in [0.717, 1.165) is 17.9 Å². The molecule has 90 valence electrons. The second-order valence-corrected chi connectivity index (χ2v) is 6.36. The highest BCUT2D eigenvalue weighted by Gasteiger charge is 2.23. The van der Waals surface area contributed by atoms with Gasteiger partial charge in [-0.15, -0.1) is 0 Å². The molecule has 3 atom stereocenters. The van der Waals surface area contributed by atoms with E-state index in [1.165, 1.54) is 43.7 Å². The lowest BCUT2D eigenvalue weighted by molar-refractivity contribution is 0.227. The van der Waals surface area contributed by atoms with Crippen molar-refractivity contribution in [2.45, 2.75) is 52.5 Å². The van der Waals surface area contributed by atoms with Gasteiger partial charge in [-0.3, -0.25) is 0 Å². The lowest BCUT2D eigenvalue weighted by atomic mass is 9.79. The van der Waals surface area contributed by atoms with E-state index in [0.29, 0.717) is 0 Å². The smallest absolute Gasteiger partial charge is 0.00698 e. The number of hydrogen-bond donors (Lipinski definition) is 1. The van der Waals surface area contributed by atoms with E-state index in [1.807, 2.05) is 0 Å². The summed E-state index contributed by atoms with van der Waals surface area (Å²) in [5, 5.41) is 3.72. The van der Waals surface area contributed by atoms with Crippen LogP contribution < -0.4 is 5.32 Å². The normalized spacial score (nSPS) is 31.8. The highest BCUT2D eigenvalue weighted by atomic mass is 32.2. The summed E-state index contributed by atoms with van der Waals surface area (Å²) in [4.78, 5) is 0. The molecule has 1 aliphatic rings. The topological polar surface area (TPSA) is 12.0 Å².